The number of fused-ring (bicyclic) bond motifs is 1. The molecule has 110 valence electrons. The van der Waals surface area contributed by atoms with Crippen molar-refractivity contribution in [2.75, 3.05) is 18.0 Å². The van der Waals surface area contributed by atoms with Gasteiger partial charge in [-0.05, 0) is 48.4 Å². The summed E-state index contributed by atoms with van der Waals surface area (Å²) >= 11 is 6.09. The molecular weight excluding hydrogens is 294 g/mol. The topological polar surface area (TPSA) is 29.0 Å². The summed E-state index contributed by atoms with van der Waals surface area (Å²) in [6, 6.07) is 12.3. The minimum absolute atomic E-state index is 0.570. The highest BCUT2D eigenvalue weighted by Crippen LogP contribution is 2.32. The van der Waals surface area contributed by atoms with Crippen LogP contribution in [0.25, 0.3) is 10.9 Å². The lowest BCUT2D eigenvalue weighted by Crippen LogP contribution is -2.45. The Bertz CT molecular complexity index is 826. The van der Waals surface area contributed by atoms with Crippen LogP contribution in [-0.2, 0) is 0 Å². The van der Waals surface area contributed by atoms with Crippen LogP contribution in [0, 0.1) is 6.92 Å². The fourth-order valence-electron chi connectivity index (χ4n) is 3.03. The van der Waals surface area contributed by atoms with Gasteiger partial charge in [-0.2, -0.15) is 0 Å². The van der Waals surface area contributed by atoms with Crippen LogP contribution >= 0.6 is 11.6 Å². The number of nitrogens with zero attached hydrogens (tertiary/aromatic N) is 3. The van der Waals surface area contributed by atoms with Gasteiger partial charge < -0.3 is 4.90 Å². The van der Waals surface area contributed by atoms with Crippen molar-refractivity contribution >= 4 is 28.3 Å². The van der Waals surface area contributed by atoms with Crippen molar-refractivity contribution in [2.24, 2.45) is 0 Å². The second kappa shape index (κ2) is 5.25. The Balaban J connectivity index is 1.61. The molecule has 0 N–H and O–H groups in total. The Morgan fingerprint density at radius 2 is 1.86 bits per heavy atom. The molecule has 1 aromatic carbocycles. The number of hydrogen-bond acceptors (Lipinski definition) is 3. The highest BCUT2D eigenvalue weighted by molar-refractivity contribution is 6.31. The van der Waals surface area contributed by atoms with Gasteiger partial charge in [-0.1, -0.05) is 17.7 Å². The SMILES string of the molecule is Cc1cc(N2CC(c3ccncc3)C2)nc2cc(Cl)ccc12. The monoisotopic (exact) mass is 309 g/mol. The van der Waals surface area contributed by atoms with Crippen LogP contribution in [0.3, 0.4) is 0 Å². The van der Waals surface area contributed by atoms with Crippen molar-refractivity contribution < 1.29 is 0 Å². The Kier molecular flexibility index (Phi) is 3.23. The van der Waals surface area contributed by atoms with E-state index in [-0.39, 0.29) is 0 Å². The molecule has 0 bridgehead atoms. The van der Waals surface area contributed by atoms with Crippen LogP contribution in [0.2, 0.25) is 5.02 Å². The smallest absolute Gasteiger partial charge is 0.129 e. The Morgan fingerprint density at radius 1 is 1.09 bits per heavy atom. The largest absolute Gasteiger partial charge is 0.355 e. The molecular formula is C18H16ClN3. The Labute approximate surface area is 134 Å². The zero-order valence-corrected chi connectivity index (χ0v) is 13.1. The predicted octanol–water partition coefficient (Wildman–Crippen LogP) is 4.20. The number of pyridine rings is 2. The number of halogens is 1. The Morgan fingerprint density at radius 3 is 2.64 bits per heavy atom. The molecule has 22 heavy (non-hydrogen) atoms. The first-order valence-electron chi connectivity index (χ1n) is 7.42. The van der Waals surface area contributed by atoms with Gasteiger partial charge in [0, 0.05) is 41.8 Å². The molecule has 3 heterocycles. The van der Waals surface area contributed by atoms with Gasteiger partial charge in [-0.3, -0.25) is 4.98 Å². The number of hydrogen-bond donors (Lipinski definition) is 0. The fraction of sp³-hybridized carbons (Fsp3) is 0.222. The van der Waals surface area contributed by atoms with Gasteiger partial charge in [0.25, 0.3) is 0 Å². The van der Waals surface area contributed by atoms with Crippen molar-refractivity contribution in [1.82, 2.24) is 9.97 Å². The number of aromatic nitrogens is 2. The zero-order chi connectivity index (χ0) is 15.1. The fourth-order valence-corrected chi connectivity index (χ4v) is 3.20. The lowest BCUT2D eigenvalue weighted by Gasteiger charge is -2.40. The summed E-state index contributed by atoms with van der Waals surface area (Å²) in [5.41, 5.74) is 3.56. The molecule has 4 rings (SSSR count). The first-order valence-corrected chi connectivity index (χ1v) is 7.80. The molecule has 1 saturated heterocycles. The van der Waals surface area contributed by atoms with Crippen LogP contribution < -0.4 is 4.90 Å². The molecule has 0 spiro atoms. The van der Waals surface area contributed by atoms with Gasteiger partial charge in [0.1, 0.15) is 5.82 Å². The van der Waals surface area contributed by atoms with Crippen LogP contribution in [0.1, 0.15) is 17.0 Å². The minimum atomic E-state index is 0.570. The highest BCUT2D eigenvalue weighted by atomic mass is 35.5. The first-order chi connectivity index (χ1) is 10.7. The molecule has 0 atom stereocenters. The van der Waals surface area contributed by atoms with Gasteiger partial charge in [0.05, 0.1) is 5.52 Å². The highest BCUT2D eigenvalue weighted by Gasteiger charge is 2.29. The minimum Gasteiger partial charge on any atom is -0.355 e. The van der Waals surface area contributed by atoms with Crippen molar-refractivity contribution in [3.63, 3.8) is 0 Å². The van der Waals surface area contributed by atoms with E-state index in [9.17, 15) is 0 Å². The summed E-state index contributed by atoms with van der Waals surface area (Å²) in [5.74, 6) is 1.61. The maximum absolute atomic E-state index is 6.09. The number of rotatable bonds is 2. The predicted molar refractivity (Wildman–Crippen MR) is 90.7 cm³/mol. The van der Waals surface area contributed by atoms with Gasteiger partial charge >= 0.3 is 0 Å². The Hall–Kier alpha value is -2.13. The van der Waals surface area contributed by atoms with Crippen LogP contribution in [0.15, 0.2) is 48.8 Å². The van der Waals surface area contributed by atoms with E-state index in [1.165, 1.54) is 16.5 Å². The second-order valence-electron chi connectivity index (χ2n) is 5.84. The lowest BCUT2D eigenvalue weighted by molar-refractivity contribution is 0.520. The van der Waals surface area contributed by atoms with Crippen LogP contribution in [0.5, 0.6) is 0 Å². The molecule has 2 aromatic heterocycles. The summed E-state index contributed by atoms with van der Waals surface area (Å²) in [6.45, 7) is 4.13. The van der Waals surface area contributed by atoms with E-state index in [1.54, 1.807) is 0 Å². The number of benzene rings is 1. The normalized spacial score (nSPS) is 15.1. The number of aryl methyl sites for hydroxylation is 1. The summed E-state index contributed by atoms with van der Waals surface area (Å²) < 4.78 is 0. The van der Waals surface area contributed by atoms with Gasteiger partial charge in [0.2, 0.25) is 0 Å². The summed E-state index contributed by atoms with van der Waals surface area (Å²) in [5, 5.41) is 1.90. The molecule has 1 fully saturated rings. The van der Waals surface area contributed by atoms with Gasteiger partial charge in [-0.25, -0.2) is 4.98 Å². The van der Waals surface area contributed by atoms with E-state index in [0.717, 1.165) is 29.4 Å². The van der Waals surface area contributed by atoms with Crippen LogP contribution in [-0.4, -0.2) is 23.1 Å². The molecule has 4 heteroatoms. The van der Waals surface area contributed by atoms with Gasteiger partial charge in [0.15, 0.2) is 0 Å². The third kappa shape index (κ3) is 2.32. The van der Waals surface area contributed by atoms with Gasteiger partial charge in [-0.15, -0.1) is 0 Å². The van der Waals surface area contributed by atoms with E-state index in [4.69, 9.17) is 16.6 Å². The molecule has 3 aromatic rings. The second-order valence-corrected chi connectivity index (χ2v) is 6.28. The van der Waals surface area contributed by atoms with Crippen molar-refractivity contribution in [1.29, 1.82) is 0 Å². The standard InChI is InChI=1S/C18H16ClN3/c1-12-8-18(21-17-9-15(19)2-3-16(12)17)22-10-14(11-22)13-4-6-20-7-5-13/h2-9,14H,10-11H2,1H3. The quantitative estimate of drug-likeness (QED) is 0.710. The van der Waals surface area contributed by atoms with Crippen LogP contribution in [0.4, 0.5) is 5.82 Å². The van der Waals surface area contributed by atoms with E-state index < -0.39 is 0 Å². The molecule has 1 aliphatic heterocycles. The molecule has 0 amide bonds. The third-order valence-electron chi connectivity index (χ3n) is 4.35. The summed E-state index contributed by atoms with van der Waals surface area (Å²) in [6.07, 6.45) is 3.72. The molecule has 3 nitrogen and oxygen atoms in total. The average molecular weight is 310 g/mol. The zero-order valence-electron chi connectivity index (χ0n) is 12.3. The third-order valence-corrected chi connectivity index (χ3v) is 4.58. The molecule has 0 saturated carbocycles. The molecule has 0 aliphatic carbocycles. The van der Waals surface area contributed by atoms with Crippen molar-refractivity contribution in [3.05, 3.63) is 64.9 Å². The van der Waals surface area contributed by atoms with Crippen molar-refractivity contribution in [2.45, 2.75) is 12.8 Å². The maximum Gasteiger partial charge on any atom is 0.129 e. The summed E-state index contributed by atoms with van der Waals surface area (Å²) in [7, 11) is 0. The molecule has 0 unspecified atom stereocenters. The average Bonchev–Trinajstić information content (AvgIpc) is 2.46. The number of anilines is 1. The van der Waals surface area contributed by atoms with E-state index in [1.807, 2.05) is 30.6 Å². The van der Waals surface area contributed by atoms with E-state index in [2.05, 4.69) is 35.0 Å². The lowest BCUT2D eigenvalue weighted by atomic mass is 9.92. The molecule has 1 aliphatic rings. The van der Waals surface area contributed by atoms with E-state index >= 15 is 0 Å². The molecule has 0 radical (unpaired) electrons. The summed E-state index contributed by atoms with van der Waals surface area (Å²) in [4.78, 5) is 11.2. The van der Waals surface area contributed by atoms with Crippen molar-refractivity contribution in [3.8, 4) is 0 Å². The maximum atomic E-state index is 6.09. The van der Waals surface area contributed by atoms with E-state index in [0.29, 0.717) is 5.92 Å². The first kappa shape index (κ1) is 13.5.